The molecule has 1 rings (SSSR count). The van der Waals surface area contributed by atoms with Gasteiger partial charge in [0.05, 0.1) is 16.8 Å². The molecule has 5 N–H and O–H groups in total. The van der Waals surface area contributed by atoms with Crippen molar-refractivity contribution >= 4 is 17.5 Å². The first kappa shape index (κ1) is 16.8. The Morgan fingerprint density at radius 1 is 1.19 bits per heavy atom. The van der Waals surface area contributed by atoms with Gasteiger partial charge in [-0.15, -0.1) is 0 Å². The molecule has 0 radical (unpaired) electrons. The van der Waals surface area contributed by atoms with Crippen LogP contribution in [0.3, 0.4) is 0 Å². The number of nitrogens with one attached hydrogen (secondary N) is 3. The van der Waals surface area contributed by atoms with Crippen LogP contribution in [0.1, 0.15) is 22.8 Å². The van der Waals surface area contributed by atoms with Crippen molar-refractivity contribution in [2.75, 3.05) is 18.5 Å². The average molecular weight is 304 g/mol. The van der Waals surface area contributed by atoms with Gasteiger partial charge in [0.1, 0.15) is 0 Å². The monoisotopic (exact) mass is 304 g/mol. The Morgan fingerprint density at radius 3 is 2.33 bits per heavy atom. The van der Waals surface area contributed by atoms with Crippen molar-refractivity contribution in [3.8, 4) is 0 Å². The minimum atomic E-state index is -4.63. The third-order valence-corrected chi connectivity index (χ3v) is 2.54. The highest BCUT2D eigenvalue weighted by Gasteiger charge is 2.35. The fraction of sp³-hybridized carbons (Fsp3) is 0.333. The van der Waals surface area contributed by atoms with E-state index in [0.29, 0.717) is 0 Å². The number of carbonyl (C=O) groups excluding carboxylic acids is 2. The van der Waals surface area contributed by atoms with Gasteiger partial charge in [-0.2, -0.15) is 13.2 Å². The van der Waals surface area contributed by atoms with Crippen LogP contribution in [0.15, 0.2) is 18.2 Å². The van der Waals surface area contributed by atoms with Crippen molar-refractivity contribution < 1.29 is 22.8 Å². The number of carbonyl (C=O) groups is 2. The zero-order chi connectivity index (χ0) is 16.0. The summed E-state index contributed by atoms with van der Waals surface area (Å²) in [4.78, 5) is 22.5. The number of amides is 2. The predicted octanol–water partition coefficient (Wildman–Crippen LogP) is 0.857. The maximum atomic E-state index is 12.8. The number of rotatable bonds is 5. The summed E-state index contributed by atoms with van der Waals surface area (Å²) in [6, 6.07) is 3.16. The maximum absolute atomic E-state index is 12.8. The topological polar surface area (TPSA) is 96.2 Å². The molecule has 0 aliphatic carbocycles. The quantitative estimate of drug-likeness (QED) is 0.368. The van der Waals surface area contributed by atoms with Crippen molar-refractivity contribution in [2.45, 2.75) is 13.1 Å². The highest BCUT2D eigenvalue weighted by Crippen LogP contribution is 2.36. The van der Waals surface area contributed by atoms with Crippen molar-refractivity contribution in [1.29, 1.82) is 0 Å². The van der Waals surface area contributed by atoms with Crippen LogP contribution in [0.5, 0.6) is 0 Å². The summed E-state index contributed by atoms with van der Waals surface area (Å²) < 4.78 is 38.4. The molecule has 116 valence electrons. The Hall–Kier alpha value is -2.29. The number of alkyl halides is 3. The van der Waals surface area contributed by atoms with Crippen LogP contribution in [-0.2, 0) is 11.0 Å². The van der Waals surface area contributed by atoms with Crippen molar-refractivity contribution in [1.82, 2.24) is 10.6 Å². The van der Waals surface area contributed by atoms with Gasteiger partial charge in [-0.1, -0.05) is 6.07 Å². The lowest BCUT2D eigenvalue weighted by atomic mass is 10.1. The van der Waals surface area contributed by atoms with Crippen LogP contribution < -0.4 is 21.9 Å². The number of halogens is 3. The van der Waals surface area contributed by atoms with Crippen LogP contribution >= 0.6 is 0 Å². The van der Waals surface area contributed by atoms with E-state index in [-0.39, 0.29) is 24.6 Å². The molecule has 0 aliphatic rings. The Kier molecular flexibility index (Phi) is 5.53. The summed E-state index contributed by atoms with van der Waals surface area (Å²) >= 11 is 0. The largest absolute Gasteiger partial charge is 0.418 e. The normalized spacial score (nSPS) is 10.9. The second-order valence-corrected chi connectivity index (χ2v) is 4.11. The van der Waals surface area contributed by atoms with Crippen molar-refractivity contribution in [3.05, 3.63) is 29.3 Å². The van der Waals surface area contributed by atoms with E-state index < -0.39 is 23.3 Å². The average Bonchev–Trinajstić information content (AvgIpc) is 2.41. The molecule has 0 heterocycles. The summed E-state index contributed by atoms with van der Waals surface area (Å²) in [5, 5.41) is 4.83. The first-order valence-electron chi connectivity index (χ1n) is 5.96. The third kappa shape index (κ3) is 4.63. The predicted molar refractivity (Wildman–Crippen MR) is 70.3 cm³/mol. The fourth-order valence-corrected chi connectivity index (χ4v) is 1.64. The van der Waals surface area contributed by atoms with Gasteiger partial charge >= 0.3 is 6.18 Å². The fourth-order valence-electron chi connectivity index (χ4n) is 1.64. The molecule has 0 saturated carbocycles. The van der Waals surface area contributed by atoms with Crippen LogP contribution in [0.4, 0.5) is 18.9 Å². The number of hydrazine groups is 1. The zero-order valence-electron chi connectivity index (χ0n) is 11.2. The van der Waals surface area contributed by atoms with Crippen LogP contribution in [0.25, 0.3) is 0 Å². The maximum Gasteiger partial charge on any atom is 0.418 e. The molecule has 0 atom stereocenters. The van der Waals surface area contributed by atoms with E-state index in [4.69, 9.17) is 5.84 Å². The molecular weight excluding hydrogens is 289 g/mol. The molecule has 1 aromatic carbocycles. The van der Waals surface area contributed by atoms with E-state index >= 15 is 0 Å². The van der Waals surface area contributed by atoms with Crippen LogP contribution in [-0.4, -0.2) is 24.9 Å². The van der Waals surface area contributed by atoms with Gasteiger partial charge in [0.2, 0.25) is 5.91 Å². The molecule has 6 nitrogen and oxygen atoms in total. The number of para-hydroxylation sites is 1. The molecule has 1 aromatic rings. The molecular formula is C12H15F3N4O2. The lowest BCUT2D eigenvalue weighted by Crippen LogP contribution is -2.34. The van der Waals surface area contributed by atoms with Gasteiger partial charge in [-0.05, 0) is 12.1 Å². The van der Waals surface area contributed by atoms with Gasteiger partial charge in [0.15, 0.2) is 0 Å². The highest BCUT2D eigenvalue weighted by molar-refractivity contribution is 6.00. The van der Waals surface area contributed by atoms with Gasteiger partial charge in [0, 0.05) is 20.0 Å². The number of nitrogens with two attached hydrogens (primary N) is 1. The van der Waals surface area contributed by atoms with Gasteiger partial charge in [-0.3, -0.25) is 15.4 Å². The van der Waals surface area contributed by atoms with E-state index in [2.05, 4.69) is 10.6 Å². The van der Waals surface area contributed by atoms with E-state index in [9.17, 15) is 22.8 Å². The Morgan fingerprint density at radius 2 is 1.81 bits per heavy atom. The summed E-state index contributed by atoms with van der Waals surface area (Å²) in [7, 11) is 0. The molecule has 21 heavy (non-hydrogen) atoms. The second-order valence-electron chi connectivity index (χ2n) is 4.11. The summed E-state index contributed by atoms with van der Waals surface area (Å²) in [5.74, 6) is 4.10. The molecule has 0 fully saturated rings. The molecule has 0 spiro atoms. The Balaban J connectivity index is 2.87. The minimum absolute atomic E-state index is 0.0820. The Bertz CT molecular complexity index is 532. The molecule has 9 heteroatoms. The summed E-state index contributed by atoms with van der Waals surface area (Å²) in [6.45, 7) is 1.56. The number of nitrogen functional groups attached to an aromatic ring is 1. The van der Waals surface area contributed by atoms with Crippen molar-refractivity contribution in [3.63, 3.8) is 0 Å². The number of hydrogen-bond acceptors (Lipinski definition) is 4. The molecule has 0 saturated heterocycles. The van der Waals surface area contributed by atoms with Crippen LogP contribution in [0.2, 0.25) is 0 Å². The zero-order valence-corrected chi connectivity index (χ0v) is 11.2. The van der Waals surface area contributed by atoms with Crippen LogP contribution in [0, 0.1) is 0 Å². The number of benzene rings is 1. The standard InChI is InChI=1S/C12H15F3N4O2/c1-7(20)17-5-6-18-11(21)8-3-2-4-9(10(8)19-16)12(13,14)15/h2-4,19H,5-6,16H2,1H3,(H,17,20)(H,18,21). The van der Waals surface area contributed by atoms with Gasteiger partial charge < -0.3 is 16.1 Å². The highest BCUT2D eigenvalue weighted by atomic mass is 19.4. The summed E-state index contributed by atoms with van der Waals surface area (Å²) in [6.07, 6.45) is -4.63. The van der Waals surface area contributed by atoms with E-state index in [1.54, 1.807) is 0 Å². The smallest absolute Gasteiger partial charge is 0.355 e. The number of hydrogen-bond donors (Lipinski definition) is 4. The van der Waals surface area contributed by atoms with Gasteiger partial charge in [-0.25, -0.2) is 0 Å². The molecule has 0 bridgehead atoms. The third-order valence-electron chi connectivity index (χ3n) is 2.54. The SMILES string of the molecule is CC(=O)NCCNC(=O)c1cccc(C(F)(F)F)c1NN. The summed E-state index contributed by atoms with van der Waals surface area (Å²) in [5.41, 5.74) is 0.157. The lowest BCUT2D eigenvalue weighted by molar-refractivity contribution is -0.137. The first-order valence-corrected chi connectivity index (χ1v) is 5.96. The first-order chi connectivity index (χ1) is 9.77. The lowest BCUT2D eigenvalue weighted by Gasteiger charge is -2.16. The van der Waals surface area contributed by atoms with Gasteiger partial charge in [0.25, 0.3) is 5.91 Å². The van der Waals surface area contributed by atoms with E-state index in [0.717, 1.165) is 12.1 Å². The van der Waals surface area contributed by atoms with E-state index in [1.165, 1.54) is 13.0 Å². The Labute approximate surface area is 118 Å². The molecule has 0 aromatic heterocycles. The molecule has 0 unspecified atom stereocenters. The minimum Gasteiger partial charge on any atom is -0.355 e. The second kappa shape index (κ2) is 6.93. The molecule has 0 aliphatic heterocycles. The number of anilines is 1. The van der Waals surface area contributed by atoms with Crippen molar-refractivity contribution in [2.24, 2.45) is 5.84 Å². The molecule has 2 amide bonds. The van der Waals surface area contributed by atoms with E-state index in [1.807, 2.05) is 5.43 Å².